The van der Waals surface area contributed by atoms with Gasteiger partial charge in [0.1, 0.15) is 0 Å². The molecular weight excluding hydrogens is 659 g/mol. The first-order valence-electron chi connectivity index (χ1n) is 25.5. The number of unbranched alkanes of at least 4 members (excludes halogenated alkanes) is 33. The second kappa shape index (κ2) is 39.7. The Kier molecular flexibility index (Phi) is 38.1. The highest BCUT2D eigenvalue weighted by molar-refractivity contribution is 4.80. The molecule has 0 amide bonds. The molecule has 0 radical (unpaired) electrons. The summed E-state index contributed by atoms with van der Waals surface area (Å²) in [5, 5.41) is 0. The van der Waals surface area contributed by atoms with Gasteiger partial charge in [0.05, 0.1) is 12.7 Å². The standard InChI is InChI=1S/C51H103NO2/c1-6-8-10-12-14-16-18-20-22-24-26-28-30-32-35-39-44-51(45-40-36-33-31-29-27-25-23-21-19-17-15-13-11-9-7-2)53-48-50(54-51)43-47-52(5)46-41-37-34-38-42-49(3)4/h49-50H,6-48H2,1-5H3. The van der Waals surface area contributed by atoms with Crippen LogP contribution in [0.4, 0.5) is 0 Å². The van der Waals surface area contributed by atoms with Gasteiger partial charge in [-0.1, -0.05) is 246 Å². The maximum Gasteiger partial charge on any atom is 0.168 e. The molecule has 1 aliphatic rings. The van der Waals surface area contributed by atoms with E-state index in [4.69, 9.17) is 9.47 Å². The minimum Gasteiger partial charge on any atom is -0.347 e. The summed E-state index contributed by atoms with van der Waals surface area (Å²) in [6.45, 7) is 12.5. The molecule has 54 heavy (non-hydrogen) atoms. The molecule has 0 aromatic carbocycles. The van der Waals surface area contributed by atoms with Crippen molar-refractivity contribution in [3.8, 4) is 0 Å². The Morgan fingerprint density at radius 3 is 1.15 bits per heavy atom. The molecule has 0 aromatic rings. The molecule has 324 valence electrons. The second-order valence-electron chi connectivity index (χ2n) is 18.8. The number of ether oxygens (including phenoxy) is 2. The van der Waals surface area contributed by atoms with Gasteiger partial charge in [-0.2, -0.15) is 0 Å². The van der Waals surface area contributed by atoms with Gasteiger partial charge in [0.2, 0.25) is 0 Å². The number of rotatable bonds is 44. The third-order valence-electron chi connectivity index (χ3n) is 12.6. The lowest BCUT2D eigenvalue weighted by atomic mass is 9.98. The normalized spacial score (nSPS) is 15.7. The molecular formula is C51H103NO2. The van der Waals surface area contributed by atoms with E-state index in [2.05, 4.69) is 39.6 Å². The maximum absolute atomic E-state index is 6.88. The SMILES string of the molecule is CCCCCCCCCCCCCCCCCCC1(CCCCCCCCCCCCCCCCCC)OCC(CCN(C)CCCCCCC(C)C)O1. The minimum atomic E-state index is -0.300. The van der Waals surface area contributed by atoms with E-state index >= 15 is 0 Å². The molecule has 1 rings (SSSR count). The third-order valence-corrected chi connectivity index (χ3v) is 12.6. The van der Waals surface area contributed by atoms with Crippen molar-refractivity contribution in [2.24, 2.45) is 5.92 Å². The van der Waals surface area contributed by atoms with Crippen LogP contribution in [0.15, 0.2) is 0 Å². The highest BCUT2D eigenvalue weighted by Crippen LogP contribution is 2.36. The molecule has 1 heterocycles. The molecule has 0 N–H and O–H groups in total. The van der Waals surface area contributed by atoms with Crippen molar-refractivity contribution in [2.75, 3.05) is 26.7 Å². The summed E-state index contributed by atoms with van der Waals surface area (Å²) in [5.74, 6) is 0.549. The van der Waals surface area contributed by atoms with Gasteiger partial charge in [0.25, 0.3) is 0 Å². The molecule has 3 nitrogen and oxygen atoms in total. The highest BCUT2D eigenvalue weighted by Gasteiger charge is 2.40. The first kappa shape index (κ1) is 51.9. The molecule has 0 aliphatic carbocycles. The average Bonchev–Trinajstić information content (AvgIpc) is 3.57. The van der Waals surface area contributed by atoms with E-state index in [0.29, 0.717) is 0 Å². The predicted molar refractivity (Wildman–Crippen MR) is 242 cm³/mol. The van der Waals surface area contributed by atoms with E-state index in [9.17, 15) is 0 Å². The Hall–Kier alpha value is -0.120. The number of nitrogens with zero attached hydrogens (tertiary/aromatic N) is 1. The molecule has 0 saturated carbocycles. The number of hydrogen-bond acceptors (Lipinski definition) is 3. The van der Waals surface area contributed by atoms with E-state index in [1.807, 2.05) is 0 Å². The predicted octanol–water partition coefficient (Wildman–Crippen LogP) is 17.3. The molecule has 3 heteroatoms. The molecule has 0 aromatic heterocycles. The summed E-state index contributed by atoms with van der Waals surface area (Å²) < 4.78 is 13.5. The summed E-state index contributed by atoms with van der Waals surface area (Å²) in [7, 11) is 2.31. The Morgan fingerprint density at radius 2 is 0.778 bits per heavy atom. The fourth-order valence-electron chi connectivity index (χ4n) is 8.79. The maximum atomic E-state index is 6.88. The molecule has 0 spiro atoms. The largest absolute Gasteiger partial charge is 0.347 e. The van der Waals surface area contributed by atoms with Crippen LogP contribution >= 0.6 is 0 Å². The van der Waals surface area contributed by atoms with Crippen LogP contribution in [-0.4, -0.2) is 43.5 Å². The molecule has 0 bridgehead atoms. The minimum absolute atomic E-state index is 0.278. The first-order valence-corrected chi connectivity index (χ1v) is 25.5. The molecule has 1 atom stereocenters. The van der Waals surface area contributed by atoms with E-state index in [0.717, 1.165) is 38.3 Å². The van der Waals surface area contributed by atoms with Crippen LogP contribution in [0.25, 0.3) is 0 Å². The van der Waals surface area contributed by atoms with Crippen LogP contribution in [0.2, 0.25) is 0 Å². The van der Waals surface area contributed by atoms with Gasteiger partial charge in [-0.15, -0.1) is 0 Å². The Labute approximate surface area is 342 Å². The summed E-state index contributed by atoms with van der Waals surface area (Å²) in [4.78, 5) is 2.54. The van der Waals surface area contributed by atoms with Crippen molar-refractivity contribution >= 4 is 0 Å². The van der Waals surface area contributed by atoms with Crippen molar-refractivity contribution in [3.63, 3.8) is 0 Å². The fraction of sp³-hybridized carbons (Fsp3) is 1.00. The van der Waals surface area contributed by atoms with Gasteiger partial charge in [-0.05, 0) is 45.2 Å². The lowest BCUT2D eigenvalue weighted by Gasteiger charge is -2.29. The van der Waals surface area contributed by atoms with Gasteiger partial charge in [0.15, 0.2) is 5.79 Å². The monoisotopic (exact) mass is 762 g/mol. The molecule has 1 fully saturated rings. The highest BCUT2D eigenvalue weighted by atomic mass is 16.7. The van der Waals surface area contributed by atoms with E-state index in [1.165, 1.54) is 244 Å². The van der Waals surface area contributed by atoms with Crippen molar-refractivity contribution in [1.29, 1.82) is 0 Å². The Balaban J connectivity index is 2.24. The van der Waals surface area contributed by atoms with Gasteiger partial charge in [-0.3, -0.25) is 0 Å². The van der Waals surface area contributed by atoms with E-state index in [1.54, 1.807) is 0 Å². The molecule has 1 aliphatic heterocycles. The second-order valence-corrected chi connectivity index (χ2v) is 18.8. The summed E-state index contributed by atoms with van der Waals surface area (Å²) in [6.07, 6.45) is 56.0. The molecule has 1 unspecified atom stereocenters. The lowest BCUT2D eigenvalue weighted by Crippen LogP contribution is -2.32. The smallest absolute Gasteiger partial charge is 0.168 e. The molecule has 1 saturated heterocycles. The third kappa shape index (κ3) is 34.0. The zero-order chi connectivity index (χ0) is 39.1. The Morgan fingerprint density at radius 1 is 0.444 bits per heavy atom. The summed E-state index contributed by atoms with van der Waals surface area (Å²) in [5.41, 5.74) is 0. The zero-order valence-electron chi connectivity index (χ0n) is 38.3. The van der Waals surface area contributed by atoms with Crippen LogP contribution in [0.1, 0.15) is 285 Å². The number of hydrogen-bond donors (Lipinski definition) is 0. The van der Waals surface area contributed by atoms with E-state index < -0.39 is 0 Å². The first-order chi connectivity index (χ1) is 26.5. The fourth-order valence-corrected chi connectivity index (χ4v) is 8.79. The van der Waals surface area contributed by atoms with Crippen LogP contribution in [0.3, 0.4) is 0 Å². The van der Waals surface area contributed by atoms with Crippen LogP contribution < -0.4 is 0 Å². The Bertz CT molecular complexity index is 688. The van der Waals surface area contributed by atoms with Crippen molar-refractivity contribution < 1.29 is 9.47 Å². The van der Waals surface area contributed by atoms with E-state index in [-0.39, 0.29) is 11.9 Å². The van der Waals surface area contributed by atoms with Crippen molar-refractivity contribution in [3.05, 3.63) is 0 Å². The van der Waals surface area contributed by atoms with Crippen LogP contribution in [0.5, 0.6) is 0 Å². The average molecular weight is 762 g/mol. The lowest BCUT2D eigenvalue weighted by molar-refractivity contribution is -0.180. The van der Waals surface area contributed by atoms with Gasteiger partial charge >= 0.3 is 0 Å². The topological polar surface area (TPSA) is 21.7 Å². The van der Waals surface area contributed by atoms with Crippen molar-refractivity contribution in [2.45, 2.75) is 296 Å². The summed E-state index contributed by atoms with van der Waals surface area (Å²) in [6, 6.07) is 0. The van der Waals surface area contributed by atoms with Crippen molar-refractivity contribution in [1.82, 2.24) is 4.90 Å². The summed E-state index contributed by atoms with van der Waals surface area (Å²) >= 11 is 0. The van der Waals surface area contributed by atoms with Gasteiger partial charge in [-0.25, -0.2) is 0 Å². The van der Waals surface area contributed by atoms with Gasteiger partial charge in [0, 0.05) is 19.4 Å². The van der Waals surface area contributed by atoms with Crippen LogP contribution in [-0.2, 0) is 9.47 Å². The van der Waals surface area contributed by atoms with Gasteiger partial charge < -0.3 is 14.4 Å². The quantitative estimate of drug-likeness (QED) is 0.0577. The zero-order valence-corrected chi connectivity index (χ0v) is 38.3. The van der Waals surface area contributed by atoms with Crippen LogP contribution in [0, 0.1) is 5.92 Å².